The minimum absolute atomic E-state index is 0.179. The van der Waals surface area contributed by atoms with Gasteiger partial charge in [0.1, 0.15) is 0 Å². The molecule has 1 amide bonds. The van der Waals surface area contributed by atoms with E-state index in [-0.39, 0.29) is 5.91 Å². The van der Waals surface area contributed by atoms with Gasteiger partial charge in [0.2, 0.25) is 5.91 Å². The normalized spacial score (nSPS) is 14.7. The minimum Gasteiger partial charge on any atom is -0.399 e. The van der Waals surface area contributed by atoms with E-state index >= 15 is 0 Å². The summed E-state index contributed by atoms with van der Waals surface area (Å²) in [7, 11) is 0. The molecule has 0 unspecified atom stereocenters. The Kier molecular flexibility index (Phi) is 3.97. The van der Waals surface area contributed by atoms with Crippen LogP contribution >= 0.6 is 15.9 Å². The smallest absolute Gasteiger partial charge is 0.227 e. The molecule has 0 aromatic heterocycles. The largest absolute Gasteiger partial charge is 0.399 e. The van der Waals surface area contributed by atoms with E-state index in [0.29, 0.717) is 13.0 Å². The summed E-state index contributed by atoms with van der Waals surface area (Å²) >= 11 is 3.48. The zero-order valence-corrected chi connectivity index (χ0v) is 13.3. The Labute approximate surface area is 132 Å². The van der Waals surface area contributed by atoms with Crippen molar-refractivity contribution in [1.29, 1.82) is 0 Å². The zero-order valence-electron chi connectivity index (χ0n) is 11.7. The molecule has 1 aliphatic heterocycles. The van der Waals surface area contributed by atoms with Crippen molar-refractivity contribution in [2.24, 2.45) is 0 Å². The Morgan fingerprint density at radius 1 is 1.14 bits per heavy atom. The van der Waals surface area contributed by atoms with Crippen LogP contribution in [0.2, 0.25) is 0 Å². The average molecular weight is 345 g/mol. The Hall–Kier alpha value is -1.81. The zero-order chi connectivity index (χ0) is 14.8. The number of fused-ring (bicyclic) bond motifs is 1. The first kappa shape index (κ1) is 14.1. The topological polar surface area (TPSA) is 46.3 Å². The Balaban J connectivity index is 1.98. The van der Waals surface area contributed by atoms with E-state index in [2.05, 4.69) is 22.0 Å². The number of amides is 1. The fourth-order valence-electron chi connectivity index (χ4n) is 2.76. The lowest BCUT2D eigenvalue weighted by molar-refractivity contribution is -0.118. The predicted octanol–water partition coefficient (Wildman–Crippen LogP) is 3.90. The number of carbonyl (C=O) groups is 1. The van der Waals surface area contributed by atoms with Crippen LogP contribution in [0.15, 0.2) is 46.9 Å². The number of nitrogen functional groups attached to an aromatic ring is 1. The number of nitrogens with two attached hydrogens (primary N) is 1. The number of benzene rings is 2. The highest BCUT2D eigenvalue weighted by atomic mass is 79.9. The molecule has 0 saturated carbocycles. The summed E-state index contributed by atoms with van der Waals surface area (Å²) in [6.07, 6.45) is 2.37. The molecule has 0 radical (unpaired) electrons. The van der Waals surface area contributed by atoms with Gasteiger partial charge in [-0.15, -0.1) is 0 Å². The van der Waals surface area contributed by atoms with Gasteiger partial charge in [0, 0.05) is 22.3 Å². The van der Waals surface area contributed by atoms with Gasteiger partial charge >= 0.3 is 0 Å². The third kappa shape index (κ3) is 3.10. The number of anilines is 2. The molecule has 3 rings (SSSR count). The molecule has 2 N–H and O–H groups in total. The molecule has 21 heavy (non-hydrogen) atoms. The second kappa shape index (κ2) is 5.90. The SMILES string of the molecule is Nc1ccc2c(c1)CCCC(=O)N2Cc1cccc(Br)c1. The maximum Gasteiger partial charge on any atom is 0.227 e. The molecule has 0 spiro atoms. The van der Waals surface area contributed by atoms with Gasteiger partial charge < -0.3 is 10.6 Å². The summed E-state index contributed by atoms with van der Waals surface area (Å²) in [5, 5.41) is 0. The fraction of sp³-hybridized carbons (Fsp3) is 0.235. The van der Waals surface area contributed by atoms with Gasteiger partial charge in [0.25, 0.3) is 0 Å². The summed E-state index contributed by atoms with van der Waals surface area (Å²) in [4.78, 5) is 14.3. The maximum absolute atomic E-state index is 12.4. The van der Waals surface area contributed by atoms with Gasteiger partial charge in [0.05, 0.1) is 6.54 Å². The van der Waals surface area contributed by atoms with Crippen LogP contribution in [0.25, 0.3) is 0 Å². The highest BCUT2D eigenvalue weighted by Gasteiger charge is 2.22. The summed E-state index contributed by atoms with van der Waals surface area (Å²) in [5.41, 5.74) is 9.90. The lowest BCUT2D eigenvalue weighted by atomic mass is 10.1. The summed E-state index contributed by atoms with van der Waals surface area (Å²) in [5.74, 6) is 0.179. The third-order valence-corrected chi connectivity index (χ3v) is 4.26. The summed E-state index contributed by atoms with van der Waals surface area (Å²) in [6, 6.07) is 13.9. The van der Waals surface area contributed by atoms with Crippen molar-refractivity contribution in [3.8, 4) is 0 Å². The number of aryl methyl sites for hydroxylation is 1. The number of halogens is 1. The van der Waals surface area contributed by atoms with Crippen LogP contribution in [0.5, 0.6) is 0 Å². The number of carbonyl (C=O) groups excluding carboxylic acids is 1. The van der Waals surface area contributed by atoms with E-state index in [1.54, 1.807) is 0 Å². The van der Waals surface area contributed by atoms with Gasteiger partial charge in [-0.05, 0) is 54.3 Å². The van der Waals surface area contributed by atoms with Crippen LogP contribution in [-0.4, -0.2) is 5.91 Å². The number of rotatable bonds is 2. The molecule has 0 fully saturated rings. The third-order valence-electron chi connectivity index (χ3n) is 3.76. The second-order valence-electron chi connectivity index (χ2n) is 5.35. The second-order valence-corrected chi connectivity index (χ2v) is 6.27. The first-order valence-electron chi connectivity index (χ1n) is 7.07. The Bertz CT molecular complexity index is 684. The molecule has 0 atom stereocenters. The quantitative estimate of drug-likeness (QED) is 0.839. The van der Waals surface area contributed by atoms with E-state index in [1.165, 1.54) is 0 Å². The fourth-order valence-corrected chi connectivity index (χ4v) is 3.21. The van der Waals surface area contributed by atoms with E-state index in [9.17, 15) is 4.79 Å². The van der Waals surface area contributed by atoms with Crippen LogP contribution in [0, 0.1) is 0 Å². The molecule has 2 aromatic rings. The lowest BCUT2D eigenvalue weighted by Crippen LogP contribution is -2.29. The van der Waals surface area contributed by atoms with E-state index in [4.69, 9.17) is 5.73 Å². The number of hydrogen-bond donors (Lipinski definition) is 1. The molecular weight excluding hydrogens is 328 g/mol. The van der Waals surface area contributed by atoms with Gasteiger partial charge in [-0.2, -0.15) is 0 Å². The monoisotopic (exact) mass is 344 g/mol. The van der Waals surface area contributed by atoms with Crippen molar-refractivity contribution in [3.63, 3.8) is 0 Å². The molecule has 3 nitrogen and oxygen atoms in total. The average Bonchev–Trinajstić information content (AvgIpc) is 2.59. The molecule has 0 bridgehead atoms. The number of nitrogens with zero attached hydrogens (tertiary/aromatic N) is 1. The van der Waals surface area contributed by atoms with E-state index in [1.807, 2.05) is 41.3 Å². The van der Waals surface area contributed by atoms with E-state index < -0.39 is 0 Å². The van der Waals surface area contributed by atoms with Crippen molar-refractivity contribution < 1.29 is 4.79 Å². The van der Waals surface area contributed by atoms with Crippen LogP contribution in [0.3, 0.4) is 0 Å². The number of hydrogen-bond acceptors (Lipinski definition) is 2. The molecule has 1 heterocycles. The van der Waals surface area contributed by atoms with Crippen molar-refractivity contribution in [3.05, 3.63) is 58.1 Å². The summed E-state index contributed by atoms with van der Waals surface area (Å²) in [6.45, 7) is 0.592. The molecular formula is C17H17BrN2O. The van der Waals surface area contributed by atoms with Gasteiger partial charge in [-0.25, -0.2) is 0 Å². The molecule has 108 valence electrons. The highest BCUT2D eigenvalue weighted by molar-refractivity contribution is 9.10. The van der Waals surface area contributed by atoms with Gasteiger partial charge in [-0.1, -0.05) is 28.1 Å². The van der Waals surface area contributed by atoms with Crippen LogP contribution < -0.4 is 10.6 Å². The van der Waals surface area contributed by atoms with Crippen LogP contribution in [-0.2, 0) is 17.8 Å². The first-order chi connectivity index (χ1) is 10.1. The maximum atomic E-state index is 12.4. The highest BCUT2D eigenvalue weighted by Crippen LogP contribution is 2.30. The summed E-state index contributed by atoms with van der Waals surface area (Å²) < 4.78 is 1.03. The molecule has 1 aliphatic rings. The van der Waals surface area contributed by atoms with Gasteiger partial charge in [-0.3, -0.25) is 4.79 Å². The lowest BCUT2D eigenvalue weighted by Gasteiger charge is -2.23. The Morgan fingerprint density at radius 3 is 2.81 bits per heavy atom. The minimum atomic E-state index is 0.179. The van der Waals surface area contributed by atoms with Crippen LogP contribution in [0.4, 0.5) is 11.4 Å². The molecule has 0 saturated heterocycles. The Morgan fingerprint density at radius 2 is 2.00 bits per heavy atom. The molecule has 0 aliphatic carbocycles. The van der Waals surface area contributed by atoms with Crippen molar-refractivity contribution >= 4 is 33.2 Å². The molecule has 2 aromatic carbocycles. The van der Waals surface area contributed by atoms with Crippen molar-refractivity contribution in [2.45, 2.75) is 25.8 Å². The van der Waals surface area contributed by atoms with Crippen molar-refractivity contribution in [1.82, 2.24) is 0 Å². The van der Waals surface area contributed by atoms with Crippen molar-refractivity contribution in [2.75, 3.05) is 10.6 Å². The predicted molar refractivity (Wildman–Crippen MR) is 89.1 cm³/mol. The van der Waals surface area contributed by atoms with Crippen LogP contribution in [0.1, 0.15) is 24.0 Å². The molecule has 4 heteroatoms. The van der Waals surface area contributed by atoms with E-state index in [0.717, 1.165) is 39.8 Å². The first-order valence-corrected chi connectivity index (χ1v) is 7.86. The van der Waals surface area contributed by atoms with Gasteiger partial charge in [0.15, 0.2) is 0 Å². The standard InChI is InChI=1S/C17H17BrN2O/c18-14-5-1-3-12(9-14)11-20-16-8-7-15(19)10-13(16)4-2-6-17(20)21/h1,3,5,7-10H,2,4,6,11,19H2.